The average molecular weight is 323 g/mol. The van der Waals surface area contributed by atoms with Crippen molar-refractivity contribution >= 4 is 17.4 Å². The number of hydrogen-bond donors (Lipinski definition) is 2. The zero-order valence-electron chi connectivity index (χ0n) is 11.4. The standard InChI is InChI=1S/C15H9F4N3O/c16-10-2-5-11(6-3-10)21-14(23)22-12-4-1-9(8-20)13(7-12)15(17,18)19/h1-7H,(H2,21,22,23). The Hall–Kier alpha value is -3.08. The maximum atomic E-state index is 12.8. The van der Waals surface area contributed by atoms with Gasteiger partial charge in [-0.1, -0.05) is 0 Å². The molecule has 0 fully saturated rings. The number of halogens is 4. The van der Waals surface area contributed by atoms with E-state index >= 15 is 0 Å². The van der Waals surface area contributed by atoms with Crippen LogP contribution in [0.4, 0.5) is 33.7 Å². The summed E-state index contributed by atoms with van der Waals surface area (Å²) >= 11 is 0. The smallest absolute Gasteiger partial charge is 0.308 e. The second kappa shape index (κ2) is 6.36. The number of benzene rings is 2. The number of rotatable bonds is 2. The predicted octanol–water partition coefficient (Wildman–Crippen LogP) is 4.36. The number of nitrogens with zero attached hydrogens (tertiary/aromatic N) is 1. The van der Waals surface area contributed by atoms with Crippen molar-refractivity contribution in [1.82, 2.24) is 0 Å². The van der Waals surface area contributed by atoms with Crippen molar-refractivity contribution in [2.45, 2.75) is 6.18 Å². The molecule has 0 atom stereocenters. The van der Waals surface area contributed by atoms with Gasteiger partial charge in [0.25, 0.3) is 0 Å². The Morgan fingerprint density at radius 3 is 2.13 bits per heavy atom. The van der Waals surface area contributed by atoms with Crippen molar-refractivity contribution in [3.05, 3.63) is 59.4 Å². The molecular weight excluding hydrogens is 314 g/mol. The topological polar surface area (TPSA) is 64.9 Å². The summed E-state index contributed by atoms with van der Waals surface area (Å²) < 4.78 is 51.2. The van der Waals surface area contributed by atoms with Crippen molar-refractivity contribution in [2.75, 3.05) is 10.6 Å². The molecule has 2 N–H and O–H groups in total. The molecule has 0 bridgehead atoms. The fraction of sp³-hybridized carbons (Fsp3) is 0.0667. The van der Waals surface area contributed by atoms with Gasteiger partial charge in [0.15, 0.2) is 0 Å². The van der Waals surface area contributed by atoms with Crippen molar-refractivity contribution in [3.63, 3.8) is 0 Å². The zero-order valence-corrected chi connectivity index (χ0v) is 11.4. The molecular formula is C15H9F4N3O. The number of carbonyl (C=O) groups is 1. The molecule has 2 rings (SSSR count). The van der Waals surface area contributed by atoms with Gasteiger partial charge in [-0.25, -0.2) is 9.18 Å². The van der Waals surface area contributed by atoms with Crippen molar-refractivity contribution < 1.29 is 22.4 Å². The van der Waals surface area contributed by atoms with Gasteiger partial charge in [0.05, 0.1) is 17.2 Å². The minimum absolute atomic E-state index is 0.129. The van der Waals surface area contributed by atoms with Crippen molar-refractivity contribution in [2.24, 2.45) is 0 Å². The molecule has 2 aromatic carbocycles. The van der Waals surface area contributed by atoms with E-state index in [0.717, 1.165) is 18.2 Å². The molecule has 0 aliphatic heterocycles. The van der Waals surface area contributed by atoms with Crippen LogP contribution in [-0.2, 0) is 6.18 Å². The van der Waals surface area contributed by atoms with Gasteiger partial charge in [-0.2, -0.15) is 18.4 Å². The predicted molar refractivity (Wildman–Crippen MR) is 75.2 cm³/mol. The number of nitriles is 1. The molecule has 4 nitrogen and oxygen atoms in total. The summed E-state index contributed by atoms with van der Waals surface area (Å²) in [6.45, 7) is 0. The molecule has 0 aromatic heterocycles. The number of hydrogen-bond acceptors (Lipinski definition) is 2. The summed E-state index contributed by atoms with van der Waals surface area (Å²) in [5, 5.41) is 13.2. The number of urea groups is 1. The SMILES string of the molecule is N#Cc1ccc(NC(=O)Nc2ccc(F)cc2)cc1C(F)(F)F. The number of amides is 2. The molecule has 0 unspecified atom stereocenters. The second-order valence-corrected chi connectivity index (χ2v) is 4.46. The lowest BCUT2D eigenvalue weighted by atomic mass is 10.1. The molecule has 2 amide bonds. The fourth-order valence-electron chi connectivity index (χ4n) is 1.78. The Kier molecular flexibility index (Phi) is 4.50. The highest BCUT2D eigenvalue weighted by atomic mass is 19.4. The lowest BCUT2D eigenvalue weighted by Gasteiger charge is -2.12. The van der Waals surface area contributed by atoms with Gasteiger partial charge in [0.1, 0.15) is 5.82 Å². The Bertz CT molecular complexity index is 764. The summed E-state index contributed by atoms with van der Waals surface area (Å²) in [6, 6.07) is 8.31. The fourth-order valence-corrected chi connectivity index (χ4v) is 1.78. The Morgan fingerprint density at radius 2 is 1.57 bits per heavy atom. The molecule has 23 heavy (non-hydrogen) atoms. The molecule has 0 saturated carbocycles. The van der Waals surface area contributed by atoms with E-state index in [-0.39, 0.29) is 11.4 Å². The van der Waals surface area contributed by atoms with E-state index in [1.54, 1.807) is 0 Å². The van der Waals surface area contributed by atoms with E-state index in [1.807, 2.05) is 0 Å². The van der Waals surface area contributed by atoms with Gasteiger partial charge in [0, 0.05) is 11.4 Å². The number of nitrogens with one attached hydrogen (secondary N) is 2. The van der Waals surface area contributed by atoms with E-state index < -0.39 is 29.2 Å². The maximum Gasteiger partial charge on any atom is 0.417 e. The highest BCUT2D eigenvalue weighted by Gasteiger charge is 2.33. The normalized spacial score (nSPS) is 10.7. The van der Waals surface area contributed by atoms with E-state index in [4.69, 9.17) is 5.26 Å². The van der Waals surface area contributed by atoms with Crippen LogP contribution in [0, 0.1) is 17.1 Å². The van der Waals surface area contributed by atoms with Gasteiger partial charge in [-0.05, 0) is 42.5 Å². The lowest BCUT2D eigenvalue weighted by Crippen LogP contribution is -2.20. The van der Waals surface area contributed by atoms with E-state index in [9.17, 15) is 22.4 Å². The molecule has 0 spiro atoms. The van der Waals surface area contributed by atoms with Crippen LogP contribution in [0.5, 0.6) is 0 Å². The van der Waals surface area contributed by atoms with Crippen molar-refractivity contribution in [1.29, 1.82) is 5.26 Å². The van der Waals surface area contributed by atoms with E-state index in [2.05, 4.69) is 10.6 Å². The largest absolute Gasteiger partial charge is 0.417 e. The van der Waals surface area contributed by atoms with Crippen LogP contribution in [0.2, 0.25) is 0 Å². The first kappa shape index (κ1) is 16.3. The summed E-state index contributed by atoms with van der Waals surface area (Å²) in [5.74, 6) is -0.488. The van der Waals surface area contributed by atoms with Crippen LogP contribution in [0.1, 0.15) is 11.1 Å². The average Bonchev–Trinajstić information content (AvgIpc) is 2.48. The summed E-state index contributed by atoms with van der Waals surface area (Å²) in [4.78, 5) is 11.7. The molecule has 0 aliphatic carbocycles. The monoisotopic (exact) mass is 323 g/mol. The number of alkyl halides is 3. The highest BCUT2D eigenvalue weighted by molar-refractivity contribution is 5.99. The third kappa shape index (κ3) is 4.20. The quantitative estimate of drug-likeness (QED) is 0.807. The molecule has 0 aliphatic rings. The summed E-state index contributed by atoms with van der Waals surface area (Å²) in [7, 11) is 0. The first-order chi connectivity index (χ1) is 10.8. The highest BCUT2D eigenvalue weighted by Crippen LogP contribution is 2.33. The first-order valence-corrected chi connectivity index (χ1v) is 6.24. The van der Waals surface area contributed by atoms with Crippen LogP contribution in [0.25, 0.3) is 0 Å². The summed E-state index contributed by atoms with van der Waals surface area (Å²) in [6.07, 6.45) is -4.71. The Morgan fingerprint density at radius 1 is 1.00 bits per heavy atom. The van der Waals surface area contributed by atoms with E-state index in [1.165, 1.54) is 24.3 Å². The van der Waals surface area contributed by atoms with Gasteiger partial charge in [0.2, 0.25) is 0 Å². The minimum Gasteiger partial charge on any atom is -0.308 e. The summed E-state index contributed by atoms with van der Waals surface area (Å²) in [5.41, 5.74) is -1.54. The van der Waals surface area contributed by atoms with Crippen LogP contribution < -0.4 is 10.6 Å². The third-order valence-electron chi connectivity index (χ3n) is 2.81. The minimum atomic E-state index is -4.71. The molecule has 0 saturated heterocycles. The van der Waals surface area contributed by atoms with Crippen molar-refractivity contribution in [3.8, 4) is 6.07 Å². The van der Waals surface area contributed by atoms with Gasteiger partial charge in [-0.15, -0.1) is 0 Å². The molecule has 2 aromatic rings. The first-order valence-electron chi connectivity index (χ1n) is 6.24. The van der Waals surface area contributed by atoms with Crippen LogP contribution in [-0.4, -0.2) is 6.03 Å². The van der Waals surface area contributed by atoms with Gasteiger partial charge < -0.3 is 10.6 Å². The maximum absolute atomic E-state index is 12.8. The Balaban J connectivity index is 2.15. The number of carbonyl (C=O) groups excluding carboxylic acids is 1. The van der Waals surface area contributed by atoms with Crippen LogP contribution >= 0.6 is 0 Å². The number of anilines is 2. The zero-order chi connectivity index (χ0) is 17.0. The molecule has 0 heterocycles. The van der Waals surface area contributed by atoms with E-state index in [0.29, 0.717) is 6.07 Å². The molecule has 8 heteroatoms. The third-order valence-corrected chi connectivity index (χ3v) is 2.81. The van der Waals surface area contributed by atoms with Crippen LogP contribution in [0.15, 0.2) is 42.5 Å². The van der Waals surface area contributed by atoms with Crippen LogP contribution in [0.3, 0.4) is 0 Å². The lowest BCUT2D eigenvalue weighted by molar-refractivity contribution is -0.137. The van der Waals surface area contributed by atoms with Gasteiger partial charge in [-0.3, -0.25) is 0 Å². The second-order valence-electron chi connectivity index (χ2n) is 4.46. The molecule has 0 radical (unpaired) electrons. The molecule has 118 valence electrons. The Labute approximate surface area is 128 Å². The van der Waals surface area contributed by atoms with Gasteiger partial charge >= 0.3 is 12.2 Å².